The number of oxazole rings is 1. The SMILES string of the molecule is NCCc1coc(-c2ccccc2C(F)(F)F)n1. The van der Waals surface area contributed by atoms with Crippen LogP contribution in [0.4, 0.5) is 13.2 Å². The molecule has 0 fully saturated rings. The predicted molar refractivity (Wildman–Crippen MR) is 59.7 cm³/mol. The number of alkyl halides is 3. The molecule has 0 spiro atoms. The molecule has 0 bridgehead atoms. The van der Waals surface area contributed by atoms with Gasteiger partial charge >= 0.3 is 6.18 Å². The van der Waals surface area contributed by atoms with E-state index in [9.17, 15) is 13.2 Å². The van der Waals surface area contributed by atoms with Gasteiger partial charge in [0.25, 0.3) is 0 Å². The van der Waals surface area contributed by atoms with Crippen molar-refractivity contribution < 1.29 is 17.6 Å². The average Bonchev–Trinajstić information content (AvgIpc) is 2.77. The zero-order valence-electron chi connectivity index (χ0n) is 9.37. The fourth-order valence-electron chi connectivity index (χ4n) is 1.61. The maximum atomic E-state index is 12.8. The van der Waals surface area contributed by atoms with Gasteiger partial charge in [-0.05, 0) is 18.7 Å². The molecule has 18 heavy (non-hydrogen) atoms. The molecule has 1 aromatic carbocycles. The highest BCUT2D eigenvalue weighted by atomic mass is 19.4. The van der Waals surface area contributed by atoms with Gasteiger partial charge in [0, 0.05) is 12.0 Å². The molecule has 1 aromatic heterocycles. The number of halogens is 3. The highest BCUT2D eigenvalue weighted by Gasteiger charge is 2.34. The van der Waals surface area contributed by atoms with E-state index in [1.165, 1.54) is 24.5 Å². The maximum absolute atomic E-state index is 12.8. The van der Waals surface area contributed by atoms with Gasteiger partial charge in [-0.2, -0.15) is 13.2 Å². The Labute approximate surface area is 101 Å². The highest BCUT2D eigenvalue weighted by molar-refractivity contribution is 5.59. The van der Waals surface area contributed by atoms with Gasteiger partial charge in [0.1, 0.15) is 6.26 Å². The molecule has 0 amide bonds. The number of nitrogens with two attached hydrogens (primary N) is 1. The van der Waals surface area contributed by atoms with Crippen LogP contribution in [0.1, 0.15) is 11.3 Å². The standard InChI is InChI=1S/C12H11F3N2O/c13-12(14,15)10-4-2-1-3-9(10)11-17-8(5-6-16)7-18-11/h1-4,7H,5-6,16H2. The third kappa shape index (κ3) is 2.53. The minimum Gasteiger partial charge on any atom is -0.444 e. The van der Waals surface area contributed by atoms with Crippen LogP contribution < -0.4 is 5.73 Å². The summed E-state index contributed by atoms with van der Waals surface area (Å²) in [4.78, 5) is 4.00. The molecular formula is C12H11F3N2O. The van der Waals surface area contributed by atoms with Crippen LogP contribution in [-0.2, 0) is 12.6 Å². The van der Waals surface area contributed by atoms with E-state index >= 15 is 0 Å². The molecule has 0 aliphatic carbocycles. The third-order valence-corrected chi connectivity index (χ3v) is 2.42. The van der Waals surface area contributed by atoms with Crippen molar-refractivity contribution in [2.75, 3.05) is 6.54 Å². The van der Waals surface area contributed by atoms with E-state index in [0.29, 0.717) is 18.7 Å². The van der Waals surface area contributed by atoms with Crippen molar-refractivity contribution in [1.29, 1.82) is 0 Å². The van der Waals surface area contributed by atoms with Gasteiger partial charge in [-0.25, -0.2) is 4.98 Å². The molecule has 0 unspecified atom stereocenters. The largest absolute Gasteiger partial charge is 0.444 e. The molecule has 0 saturated carbocycles. The second-order valence-corrected chi connectivity index (χ2v) is 3.73. The Bertz CT molecular complexity index is 534. The first kappa shape index (κ1) is 12.6. The van der Waals surface area contributed by atoms with Gasteiger partial charge < -0.3 is 10.2 Å². The number of nitrogens with zero attached hydrogens (tertiary/aromatic N) is 1. The maximum Gasteiger partial charge on any atom is 0.417 e. The van der Waals surface area contributed by atoms with Gasteiger partial charge in [0.05, 0.1) is 11.3 Å². The molecule has 6 heteroatoms. The lowest BCUT2D eigenvalue weighted by Gasteiger charge is -2.09. The Balaban J connectivity index is 2.43. The van der Waals surface area contributed by atoms with Crippen molar-refractivity contribution in [2.24, 2.45) is 5.73 Å². The smallest absolute Gasteiger partial charge is 0.417 e. The van der Waals surface area contributed by atoms with Crippen molar-refractivity contribution in [3.63, 3.8) is 0 Å². The van der Waals surface area contributed by atoms with Crippen molar-refractivity contribution in [3.05, 3.63) is 41.8 Å². The van der Waals surface area contributed by atoms with Gasteiger partial charge in [-0.3, -0.25) is 0 Å². The molecule has 0 radical (unpaired) electrons. The summed E-state index contributed by atoms with van der Waals surface area (Å²) in [6, 6.07) is 5.18. The van der Waals surface area contributed by atoms with Gasteiger partial charge in [-0.1, -0.05) is 12.1 Å². The number of rotatable bonds is 3. The van der Waals surface area contributed by atoms with E-state index in [2.05, 4.69) is 4.98 Å². The monoisotopic (exact) mass is 256 g/mol. The summed E-state index contributed by atoms with van der Waals surface area (Å²) >= 11 is 0. The fraction of sp³-hybridized carbons (Fsp3) is 0.250. The van der Waals surface area contributed by atoms with Crippen molar-refractivity contribution >= 4 is 0 Å². The molecule has 1 heterocycles. The number of hydrogen-bond donors (Lipinski definition) is 1. The summed E-state index contributed by atoms with van der Waals surface area (Å²) in [6.45, 7) is 0.368. The zero-order valence-corrected chi connectivity index (χ0v) is 9.37. The van der Waals surface area contributed by atoms with E-state index in [4.69, 9.17) is 10.2 Å². The van der Waals surface area contributed by atoms with E-state index in [1.807, 2.05) is 0 Å². The Morgan fingerprint density at radius 3 is 2.61 bits per heavy atom. The number of benzene rings is 1. The minimum atomic E-state index is -4.43. The zero-order chi connectivity index (χ0) is 13.2. The molecule has 3 nitrogen and oxygen atoms in total. The third-order valence-electron chi connectivity index (χ3n) is 2.42. The Kier molecular flexibility index (Phi) is 3.38. The summed E-state index contributed by atoms with van der Waals surface area (Å²) < 4.78 is 43.5. The summed E-state index contributed by atoms with van der Waals surface area (Å²) in [7, 11) is 0. The van der Waals surface area contributed by atoms with Crippen LogP contribution in [0.25, 0.3) is 11.5 Å². The second-order valence-electron chi connectivity index (χ2n) is 3.73. The van der Waals surface area contributed by atoms with Crippen LogP contribution in [0.2, 0.25) is 0 Å². The Morgan fingerprint density at radius 1 is 1.22 bits per heavy atom. The molecule has 96 valence electrons. The fourth-order valence-corrected chi connectivity index (χ4v) is 1.61. The lowest BCUT2D eigenvalue weighted by Crippen LogP contribution is -2.07. The first-order chi connectivity index (χ1) is 8.52. The van der Waals surface area contributed by atoms with Gasteiger partial charge in [0.15, 0.2) is 0 Å². The first-order valence-corrected chi connectivity index (χ1v) is 5.33. The number of hydrogen-bond acceptors (Lipinski definition) is 3. The first-order valence-electron chi connectivity index (χ1n) is 5.33. The molecule has 0 atom stereocenters. The molecule has 2 rings (SSSR count). The topological polar surface area (TPSA) is 52.0 Å². The summed E-state index contributed by atoms with van der Waals surface area (Å²) in [5, 5.41) is 0. The van der Waals surface area contributed by atoms with Crippen LogP contribution >= 0.6 is 0 Å². The van der Waals surface area contributed by atoms with E-state index < -0.39 is 11.7 Å². The van der Waals surface area contributed by atoms with Crippen LogP contribution in [-0.4, -0.2) is 11.5 Å². The van der Waals surface area contributed by atoms with Crippen LogP contribution in [0.15, 0.2) is 34.9 Å². The number of aromatic nitrogens is 1. The summed E-state index contributed by atoms with van der Waals surface area (Å²) in [5.41, 5.74) is 5.07. The lowest BCUT2D eigenvalue weighted by atomic mass is 10.1. The molecular weight excluding hydrogens is 245 g/mol. The van der Waals surface area contributed by atoms with E-state index in [-0.39, 0.29) is 11.5 Å². The Hall–Kier alpha value is -1.82. The molecule has 0 aliphatic rings. The molecule has 0 aliphatic heterocycles. The predicted octanol–water partition coefficient (Wildman–Crippen LogP) is 2.86. The van der Waals surface area contributed by atoms with Crippen LogP contribution in [0, 0.1) is 0 Å². The van der Waals surface area contributed by atoms with Crippen LogP contribution in [0.3, 0.4) is 0 Å². The summed E-state index contributed by atoms with van der Waals surface area (Å²) in [5.74, 6) is -0.0358. The normalized spacial score (nSPS) is 11.8. The molecule has 2 N–H and O–H groups in total. The van der Waals surface area contributed by atoms with Crippen LogP contribution in [0.5, 0.6) is 0 Å². The highest BCUT2D eigenvalue weighted by Crippen LogP contribution is 2.36. The second kappa shape index (κ2) is 4.81. The molecule has 2 aromatic rings. The molecule has 0 saturated heterocycles. The lowest BCUT2D eigenvalue weighted by molar-refractivity contribution is -0.137. The van der Waals surface area contributed by atoms with Gasteiger partial charge in [-0.15, -0.1) is 0 Å². The van der Waals surface area contributed by atoms with E-state index in [1.54, 1.807) is 0 Å². The quantitative estimate of drug-likeness (QED) is 0.918. The average molecular weight is 256 g/mol. The minimum absolute atomic E-state index is 0.0358. The van der Waals surface area contributed by atoms with Gasteiger partial charge in [0.2, 0.25) is 5.89 Å². The van der Waals surface area contributed by atoms with E-state index in [0.717, 1.165) is 6.07 Å². The van der Waals surface area contributed by atoms with Crippen molar-refractivity contribution in [2.45, 2.75) is 12.6 Å². The van der Waals surface area contributed by atoms with Crippen molar-refractivity contribution in [3.8, 4) is 11.5 Å². The Morgan fingerprint density at radius 2 is 1.94 bits per heavy atom. The summed E-state index contributed by atoms with van der Waals surface area (Å²) in [6.07, 6.45) is -2.63. The van der Waals surface area contributed by atoms with Crippen molar-refractivity contribution in [1.82, 2.24) is 4.98 Å².